The molecule has 2 rings (SSSR count). The first-order chi connectivity index (χ1) is 10.1. The van der Waals surface area contributed by atoms with E-state index < -0.39 is 11.0 Å². The van der Waals surface area contributed by atoms with Gasteiger partial charge in [0.15, 0.2) is 0 Å². The van der Waals surface area contributed by atoms with Crippen LogP contribution in [0.3, 0.4) is 0 Å². The van der Waals surface area contributed by atoms with Crippen molar-refractivity contribution in [2.75, 3.05) is 44.3 Å². The summed E-state index contributed by atoms with van der Waals surface area (Å²) in [5.41, 5.74) is -0.0510. The van der Waals surface area contributed by atoms with E-state index in [-0.39, 0.29) is 18.9 Å². The van der Waals surface area contributed by atoms with E-state index in [9.17, 15) is 14.9 Å². The molecule has 0 aromatic carbocycles. The third-order valence-corrected chi connectivity index (χ3v) is 3.12. The fourth-order valence-corrected chi connectivity index (χ4v) is 2.02. The molecule has 1 saturated heterocycles. The second kappa shape index (κ2) is 6.84. The van der Waals surface area contributed by atoms with Crippen LogP contribution in [-0.4, -0.2) is 65.4 Å². The second-order valence-electron chi connectivity index (χ2n) is 4.44. The maximum absolute atomic E-state index is 11.6. The minimum Gasteiger partial charge on any atom is -0.447 e. The summed E-state index contributed by atoms with van der Waals surface area (Å²) in [5, 5.41) is 19.2. The van der Waals surface area contributed by atoms with Crippen LogP contribution in [0.15, 0.2) is 18.3 Å². The van der Waals surface area contributed by atoms with Gasteiger partial charge in [0.1, 0.15) is 18.6 Å². The Morgan fingerprint density at radius 1 is 1.38 bits per heavy atom. The lowest BCUT2D eigenvalue weighted by Crippen LogP contribution is -2.49. The first kappa shape index (κ1) is 15.0. The number of nitrogens with zero attached hydrogens (tertiary/aromatic N) is 4. The molecule has 114 valence electrons. The Bertz CT molecular complexity index is 499. The average Bonchev–Trinajstić information content (AvgIpc) is 2.53. The van der Waals surface area contributed by atoms with E-state index in [1.807, 2.05) is 4.90 Å². The number of aromatic nitrogens is 1. The molecule has 0 bridgehead atoms. The van der Waals surface area contributed by atoms with Crippen molar-refractivity contribution in [3.63, 3.8) is 0 Å². The molecule has 1 aromatic heterocycles. The number of aliphatic hydroxyl groups excluding tert-OH is 1. The Kier molecular flexibility index (Phi) is 4.88. The van der Waals surface area contributed by atoms with Gasteiger partial charge >= 0.3 is 6.09 Å². The highest BCUT2D eigenvalue weighted by Crippen LogP contribution is 2.17. The van der Waals surface area contributed by atoms with E-state index in [0.717, 1.165) is 0 Å². The van der Waals surface area contributed by atoms with Crippen LogP contribution in [-0.2, 0) is 4.74 Å². The van der Waals surface area contributed by atoms with Gasteiger partial charge in [-0.05, 0) is 6.07 Å². The topological polar surface area (TPSA) is 109 Å². The third-order valence-electron chi connectivity index (χ3n) is 3.12. The average molecular weight is 296 g/mol. The molecule has 0 saturated carbocycles. The number of anilines is 1. The highest BCUT2D eigenvalue weighted by molar-refractivity contribution is 5.68. The smallest absolute Gasteiger partial charge is 0.409 e. The normalized spacial score (nSPS) is 14.9. The maximum Gasteiger partial charge on any atom is 0.409 e. The van der Waals surface area contributed by atoms with Crippen LogP contribution in [0.1, 0.15) is 0 Å². The van der Waals surface area contributed by atoms with Crippen molar-refractivity contribution in [3.05, 3.63) is 28.4 Å². The van der Waals surface area contributed by atoms with Gasteiger partial charge in [-0.15, -0.1) is 0 Å². The molecule has 0 aliphatic carbocycles. The number of amides is 1. The number of carbonyl (C=O) groups is 1. The number of carbonyl (C=O) groups excluding carboxylic acids is 1. The van der Waals surface area contributed by atoms with E-state index in [4.69, 9.17) is 9.84 Å². The molecule has 2 heterocycles. The monoisotopic (exact) mass is 296 g/mol. The number of hydrogen-bond donors (Lipinski definition) is 1. The van der Waals surface area contributed by atoms with Crippen LogP contribution < -0.4 is 4.90 Å². The van der Waals surface area contributed by atoms with Crippen molar-refractivity contribution in [3.8, 4) is 0 Å². The van der Waals surface area contributed by atoms with Gasteiger partial charge in [0.2, 0.25) is 0 Å². The number of piperazine rings is 1. The summed E-state index contributed by atoms with van der Waals surface area (Å²) in [4.78, 5) is 29.2. The predicted octanol–water partition coefficient (Wildman–Crippen LogP) is 0.241. The fourth-order valence-electron chi connectivity index (χ4n) is 2.02. The van der Waals surface area contributed by atoms with Crippen molar-refractivity contribution in [1.29, 1.82) is 0 Å². The van der Waals surface area contributed by atoms with E-state index >= 15 is 0 Å². The molecule has 21 heavy (non-hydrogen) atoms. The van der Waals surface area contributed by atoms with Gasteiger partial charge in [0.25, 0.3) is 5.69 Å². The molecule has 1 N–H and O–H groups in total. The number of pyridine rings is 1. The molecule has 0 unspecified atom stereocenters. The Morgan fingerprint density at radius 2 is 2.10 bits per heavy atom. The molecule has 1 amide bonds. The SMILES string of the molecule is O=C(OCCO)N1CCN(c2ccc([N+](=O)[O-])cn2)CC1. The van der Waals surface area contributed by atoms with Gasteiger partial charge in [-0.3, -0.25) is 10.1 Å². The summed E-state index contributed by atoms with van der Waals surface area (Å²) in [6.07, 6.45) is 0.775. The minimum absolute atomic E-state index is 0.0110. The van der Waals surface area contributed by atoms with Crippen molar-refractivity contribution < 1.29 is 19.6 Å². The molecule has 0 radical (unpaired) electrons. The molecule has 9 heteroatoms. The first-order valence-electron chi connectivity index (χ1n) is 6.50. The van der Waals surface area contributed by atoms with E-state index in [0.29, 0.717) is 32.0 Å². The fraction of sp³-hybridized carbons (Fsp3) is 0.500. The number of hydrogen-bond acceptors (Lipinski definition) is 7. The molecule has 1 aliphatic rings. The van der Waals surface area contributed by atoms with Gasteiger partial charge in [-0.25, -0.2) is 9.78 Å². The van der Waals surface area contributed by atoms with Gasteiger partial charge < -0.3 is 19.6 Å². The number of nitro groups is 1. The van der Waals surface area contributed by atoms with Crippen molar-refractivity contribution in [2.45, 2.75) is 0 Å². The highest BCUT2D eigenvalue weighted by atomic mass is 16.6. The molecular formula is C12H16N4O5. The molecule has 9 nitrogen and oxygen atoms in total. The summed E-state index contributed by atoms with van der Waals surface area (Å²) < 4.78 is 4.84. The predicted molar refractivity (Wildman–Crippen MR) is 73.1 cm³/mol. The third kappa shape index (κ3) is 3.78. The molecule has 0 spiro atoms. The largest absolute Gasteiger partial charge is 0.447 e. The minimum atomic E-state index is -0.494. The Morgan fingerprint density at radius 3 is 2.62 bits per heavy atom. The van der Waals surface area contributed by atoms with Gasteiger partial charge in [0.05, 0.1) is 11.5 Å². The van der Waals surface area contributed by atoms with Crippen LogP contribution >= 0.6 is 0 Å². The Balaban J connectivity index is 1.88. The standard InChI is InChI=1S/C12H16N4O5/c17-7-8-21-12(18)15-5-3-14(4-6-15)11-2-1-10(9-13-11)16(19)20/h1-2,9,17H,3-8H2. The lowest BCUT2D eigenvalue weighted by atomic mass is 10.3. The maximum atomic E-state index is 11.6. The second-order valence-corrected chi connectivity index (χ2v) is 4.44. The van der Waals surface area contributed by atoms with Gasteiger partial charge in [0, 0.05) is 32.2 Å². The molecule has 0 atom stereocenters. The quantitative estimate of drug-likeness (QED) is 0.626. The summed E-state index contributed by atoms with van der Waals surface area (Å²) in [5.74, 6) is 0.643. The van der Waals surface area contributed by atoms with Crippen molar-refractivity contribution in [1.82, 2.24) is 9.88 Å². The molecular weight excluding hydrogens is 280 g/mol. The zero-order valence-corrected chi connectivity index (χ0v) is 11.3. The number of ether oxygens (including phenoxy) is 1. The van der Waals surface area contributed by atoms with Crippen LogP contribution in [0, 0.1) is 10.1 Å². The van der Waals surface area contributed by atoms with Gasteiger partial charge in [-0.2, -0.15) is 0 Å². The summed E-state index contributed by atoms with van der Waals surface area (Å²) >= 11 is 0. The lowest BCUT2D eigenvalue weighted by molar-refractivity contribution is -0.385. The van der Waals surface area contributed by atoms with Crippen LogP contribution in [0.25, 0.3) is 0 Å². The van der Waals surface area contributed by atoms with Crippen LogP contribution in [0.2, 0.25) is 0 Å². The lowest BCUT2D eigenvalue weighted by Gasteiger charge is -2.34. The Labute approximate surface area is 120 Å². The molecule has 1 fully saturated rings. The summed E-state index contributed by atoms with van der Waals surface area (Å²) in [6, 6.07) is 3.00. The van der Waals surface area contributed by atoms with Gasteiger partial charge in [-0.1, -0.05) is 0 Å². The summed E-state index contributed by atoms with van der Waals surface area (Å²) in [7, 11) is 0. The van der Waals surface area contributed by atoms with E-state index in [1.165, 1.54) is 12.3 Å². The molecule has 1 aliphatic heterocycles. The zero-order chi connectivity index (χ0) is 15.2. The molecule has 1 aromatic rings. The van der Waals surface area contributed by atoms with Crippen molar-refractivity contribution >= 4 is 17.6 Å². The number of rotatable bonds is 4. The van der Waals surface area contributed by atoms with E-state index in [1.54, 1.807) is 11.0 Å². The zero-order valence-electron chi connectivity index (χ0n) is 11.3. The van der Waals surface area contributed by atoms with Crippen molar-refractivity contribution in [2.24, 2.45) is 0 Å². The highest BCUT2D eigenvalue weighted by Gasteiger charge is 2.23. The van der Waals surface area contributed by atoms with E-state index in [2.05, 4.69) is 4.98 Å². The number of aliphatic hydroxyl groups is 1. The summed E-state index contributed by atoms with van der Waals surface area (Å²) in [6.45, 7) is 1.88. The van der Waals surface area contributed by atoms with Crippen LogP contribution in [0.4, 0.5) is 16.3 Å². The first-order valence-corrected chi connectivity index (χ1v) is 6.50. The Hall–Kier alpha value is -2.42. The van der Waals surface area contributed by atoms with Crippen LogP contribution in [0.5, 0.6) is 0 Å².